The molecule has 2 fully saturated rings. The molecule has 0 aromatic heterocycles. The summed E-state index contributed by atoms with van der Waals surface area (Å²) in [6.45, 7) is 0.431. The Hall–Kier alpha value is -2.77. The molecule has 10 heteroatoms. The molecule has 26 heavy (non-hydrogen) atoms. The van der Waals surface area contributed by atoms with Gasteiger partial charge in [-0.3, -0.25) is 10.2 Å². The fourth-order valence-corrected chi connectivity index (χ4v) is 5.47. The molecule has 1 amide bonds. The average molecular weight is 374 g/mol. The number of hydrogen-bond acceptors (Lipinski definition) is 7. The number of nitrogens with one attached hydrogen (secondary N) is 1. The molecule has 0 saturated carbocycles. The van der Waals surface area contributed by atoms with Gasteiger partial charge in [0.05, 0.1) is 22.7 Å². The van der Waals surface area contributed by atoms with Gasteiger partial charge >= 0.3 is 0 Å². The molecule has 9 nitrogen and oxygen atoms in total. The van der Waals surface area contributed by atoms with Crippen molar-refractivity contribution in [1.82, 2.24) is 9.21 Å². The number of piperazine rings is 1. The van der Waals surface area contributed by atoms with Crippen molar-refractivity contribution >= 4 is 27.9 Å². The van der Waals surface area contributed by atoms with Crippen LogP contribution < -0.4 is 5.84 Å². The number of carbonyl (C=O) groups excluding carboxylic acids is 1. The van der Waals surface area contributed by atoms with Crippen LogP contribution in [0, 0.1) is 16.7 Å². The molecule has 2 aliphatic heterocycles. The van der Waals surface area contributed by atoms with Gasteiger partial charge in [-0.25, -0.2) is 8.42 Å². The molecule has 0 radical (unpaired) electrons. The van der Waals surface area contributed by atoms with Crippen LogP contribution >= 0.6 is 0 Å². The Morgan fingerprint density at radius 1 is 1.35 bits per heavy atom. The fraction of sp³-hybridized carbons (Fsp3) is 0.375. The third-order valence-corrected chi connectivity index (χ3v) is 6.68. The second-order valence-corrected chi connectivity index (χ2v) is 8.10. The number of nitriles is 1. The summed E-state index contributed by atoms with van der Waals surface area (Å²) in [4.78, 5) is 13.8. The first-order chi connectivity index (χ1) is 12.4. The summed E-state index contributed by atoms with van der Waals surface area (Å²) >= 11 is 0. The van der Waals surface area contributed by atoms with Crippen molar-refractivity contribution < 1.29 is 13.2 Å². The van der Waals surface area contributed by atoms with Gasteiger partial charge in [0.1, 0.15) is 5.71 Å². The lowest BCUT2D eigenvalue weighted by Crippen LogP contribution is -2.58. The maximum absolute atomic E-state index is 13.1. The Morgan fingerprint density at radius 2 is 2.00 bits per heavy atom. The molecule has 0 spiro atoms. The second-order valence-electron chi connectivity index (χ2n) is 6.26. The van der Waals surface area contributed by atoms with E-state index in [1.54, 1.807) is 12.1 Å². The van der Waals surface area contributed by atoms with Gasteiger partial charge in [-0.05, 0) is 31.0 Å². The van der Waals surface area contributed by atoms with Crippen LogP contribution in [0.5, 0.6) is 0 Å². The first-order valence-corrected chi connectivity index (χ1v) is 9.47. The van der Waals surface area contributed by atoms with Crippen LogP contribution in [0.2, 0.25) is 0 Å². The highest BCUT2D eigenvalue weighted by atomic mass is 32.2. The normalized spacial score (nSPS) is 23.1. The van der Waals surface area contributed by atoms with E-state index in [1.807, 2.05) is 6.07 Å². The first kappa shape index (κ1) is 18.0. The highest BCUT2D eigenvalue weighted by Crippen LogP contribution is 2.35. The zero-order valence-electron chi connectivity index (χ0n) is 13.9. The molecule has 2 saturated heterocycles. The second kappa shape index (κ2) is 6.86. The lowest BCUT2D eigenvalue weighted by molar-refractivity contribution is -0.126. The van der Waals surface area contributed by atoms with Crippen LogP contribution in [0.4, 0.5) is 0 Å². The predicted octanol–water partition coefficient (Wildman–Crippen LogP) is -0.114. The van der Waals surface area contributed by atoms with Crippen LogP contribution in [-0.2, 0) is 14.8 Å². The minimum absolute atomic E-state index is 0.0798. The van der Waals surface area contributed by atoms with E-state index in [4.69, 9.17) is 16.5 Å². The minimum Gasteiger partial charge on any atom is -0.334 e. The maximum Gasteiger partial charge on any atom is 0.273 e. The van der Waals surface area contributed by atoms with Gasteiger partial charge in [0.25, 0.3) is 5.91 Å². The van der Waals surface area contributed by atoms with E-state index in [-0.39, 0.29) is 41.3 Å². The molecule has 0 aliphatic carbocycles. The van der Waals surface area contributed by atoms with Crippen LogP contribution in [0.25, 0.3) is 0 Å². The number of amides is 1. The van der Waals surface area contributed by atoms with E-state index in [1.165, 1.54) is 21.3 Å². The van der Waals surface area contributed by atoms with E-state index in [0.717, 1.165) is 6.21 Å². The maximum atomic E-state index is 13.1. The Balaban J connectivity index is 1.85. The Kier molecular flexibility index (Phi) is 4.76. The topological polar surface area (TPSA) is 144 Å². The number of nitrogens with zero attached hydrogens (tertiary/aromatic N) is 4. The number of hydrazone groups is 1. The molecule has 2 heterocycles. The van der Waals surface area contributed by atoms with Crippen LogP contribution in [0.3, 0.4) is 0 Å². The van der Waals surface area contributed by atoms with Gasteiger partial charge in [-0.1, -0.05) is 6.07 Å². The summed E-state index contributed by atoms with van der Waals surface area (Å²) in [7, 11) is -3.77. The molecular weight excluding hydrogens is 356 g/mol. The summed E-state index contributed by atoms with van der Waals surface area (Å²) in [5.41, 5.74) is -0.0494. The van der Waals surface area contributed by atoms with E-state index >= 15 is 0 Å². The van der Waals surface area contributed by atoms with Crippen molar-refractivity contribution in [1.29, 1.82) is 10.7 Å². The van der Waals surface area contributed by atoms with Crippen molar-refractivity contribution in [2.75, 3.05) is 13.1 Å². The van der Waals surface area contributed by atoms with Gasteiger partial charge in [0.2, 0.25) is 10.0 Å². The third-order valence-electron chi connectivity index (χ3n) is 4.67. The standard InChI is InChI=1S/C16H18N6O3S/c17-7-11-2-1-3-14(6-11)26(24,25)22-12-4-5-13(22)10-21(9-12)16(23)15(18)8-20-19/h1-3,6,8,12-13,18H,4-5,9-10,19H2. The number of carbonyl (C=O) groups is 1. The lowest BCUT2D eigenvalue weighted by atomic mass is 10.2. The van der Waals surface area contributed by atoms with Crippen molar-refractivity contribution in [2.24, 2.45) is 10.9 Å². The molecule has 3 rings (SSSR count). The number of nitrogens with two attached hydrogens (primary N) is 1. The van der Waals surface area contributed by atoms with Gasteiger partial charge < -0.3 is 10.7 Å². The summed E-state index contributed by atoms with van der Waals surface area (Å²) in [6, 6.07) is 7.17. The number of likely N-dealkylation sites (tertiary alicyclic amines) is 1. The summed E-state index contributed by atoms with van der Waals surface area (Å²) < 4.78 is 27.6. The summed E-state index contributed by atoms with van der Waals surface area (Å²) in [6.07, 6.45) is 2.26. The van der Waals surface area contributed by atoms with Crippen LogP contribution in [0.15, 0.2) is 34.3 Å². The zero-order chi connectivity index (χ0) is 18.9. The van der Waals surface area contributed by atoms with E-state index in [9.17, 15) is 13.2 Å². The van der Waals surface area contributed by atoms with Crippen molar-refractivity contribution in [3.63, 3.8) is 0 Å². The summed E-state index contributed by atoms with van der Waals surface area (Å²) in [5, 5.41) is 19.8. The largest absolute Gasteiger partial charge is 0.334 e. The number of sulfonamides is 1. The molecular formula is C16H18N6O3S. The number of hydrogen-bond donors (Lipinski definition) is 2. The molecule has 2 unspecified atom stereocenters. The Morgan fingerprint density at radius 3 is 2.58 bits per heavy atom. The highest BCUT2D eigenvalue weighted by molar-refractivity contribution is 7.89. The van der Waals surface area contributed by atoms with E-state index in [0.29, 0.717) is 12.8 Å². The molecule has 1 aromatic rings. The van der Waals surface area contributed by atoms with Crippen molar-refractivity contribution in [3.05, 3.63) is 29.8 Å². The molecule has 2 bridgehead atoms. The number of fused-ring (bicyclic) bond motifs is 2. The fourth-order valence-electron chi connectivity index (χ4n) is 3.57. The third kappa shape index (κ3) is 3.07. The Labute approximate surface area is 151 Å². The summed E-state index contributed by atoms with van der Waals surface area (Å²) in [5.74, 6) is 4.46. The van der Waals surface area contributed by atoms with Gasteiger partial charge in [-0.2, -0.15) is 14.7 Å². The van der Waals surface area contributed by atoms with Crippen molar-refractivity contribution in [3.8, 4) is 6.07 Å². The van der Waals surface area contributed by atoms with Gasteiger partial charge in [0, 0.05) is 25.2 Å². The Bertz CT molecular complexity index is 906. The highest BCUT2D eigenvalue weighted by Gasteiger charge is 2.47. The van der Waals surface area contributed by atoms with E-state index in [2.05, 4.69) is 5.10 Å². The SMILES string of the molecule is N#Cc1cccc(S(=O)(=O)N2C3CCC2CN(C(=O)C(=N)C=NN)C3)c1. The molecule has 1 aromatic carbocycles. The van der Waals surface area contributed by atoms with Gasteiger partial charge in [-0.15, -0.1) is 0 Å². The minimum atomic E-state index is -3.77. The first-order valence-electron chi connectivity index (χ1n) is 8.03. The molecule has 2 atom stereocenters. The van der Waals surface area contributed by atoms with Crippen LogP contribution in [0.1, 0.15) is 18.4 Å². The average Bonchev–Trinajstić information content (AvgIpc) is 2.92. The number of benzene rings is 1. The predicted molar refractivity (Wildman–Crippen MR) is 94.0 cm³/mol. The molecule has 2 aliphatic rings. The van der Waals surface area contributed by atoms with Crippen molar-refractivity contribution in [2.45, 2.75) is 29.8 Å². The van der Waals surface area contributed by atoms with E-state index < -0.39 is 15.9 Å². The quantitative estimate of drug-likeness (QED) is 0.429. The molecule has 136 valence electrons. The lowest BCUT2D eigenvalue weighted by Gasteiger charge is -2.39. The monoisotopic (exact) mass is 374 g/mol. The zero-order valence-corrected chi connectivity index (χ0v) is 14.7. The molecule has 3 N–H and O–H groups in total. The number of rotatable bonds is 4. The van der Waals surface area contributed by atoms with Gasteiger partial charge in [0.15, 0.2) is 0 Å². The van der Waals surface area contributed by atoms with Crippen LogP contribution in [-0.4, -0.2) is 60.6 Å². The smallest absolute Gasteiger partial charge is 0.273 e.